The van der Waals surface area contributed by atoms with E-state index in [9.17, 15) is 4.79 Å². The summed E-state index contributed by atoms with van der Waals surface area (Å²) < 4.78 is 0. The molecule has 1 rings (SSSR count). The van der Waals surface area contributed by atoms with Crippen LogP contribution in [-0.2, 0) is 4.79 Å². The lowest BCUT2D eigenvalue weighted by molar-refractivity contribution is -0.132. The molecule has 0 aromatic heterocycles. The molecule has 0 aromatic carbocycles. The van der Waals surface area contributed by atoms with Crippen molar-refractivity contribution in [1.29, 1.82) is 0 Å². The van der Waals surface area contributed by atoms with E-state index in [2.05, 4.69) is 23.8 Å². The first-order chi connectivity index (χ1) is 10.0. The van der Waals surface area contributed by atoms with E-state index in [0.29, 0.717) is 12.3 Å². The maximum Gasteiger partial charge on any atom is 0.222 e. The van der Waals surface area contributed by atoms with Gasteiger partial charge in [0.2, 0.25) is 5.91 Å². The summed E-state index contributed by atoms with van der Waals surface area (Å²) in [5.74, 6) is 1.09. The second kappa shape index (κ2) is 10.2. The van der Waals surface area contributed by atoms with Crippen LogP contribution in [0.25, 0.3) is 0 Å². The molecule has 0 bridgehead atoms. The highest BCUT2D eigenvalue weighted by Gasteiger charge is 2.23. The number of nitrogens with zero attached hydrogens (tertiary/aromatic N) is 2. The minimum Gasteiger partial charge on any atom is -0.343 e. The summed E-state index contributed by atoms with van der Waals surface area (Å²) in [7, 11) is 2.22. The zero-order valence-electron chi connectivity index (χ0n) is 14.3. The van der Waals surface area contributed by atoms with E-state index >= 15 is 0 Å². The number of carbonyl (C=O) groups is 1. The lowest BCUT2D eigenvalue weighted by atomic mass is 9.96. The molecule has 0 aromatic rings. The van der Waals surface area contributed by atoms with Gasteiger partial charge in [-0.1, -0.05) is 13.3 Å². The van der Waals surface area contributed by atoms with Crippen LogP contribution in [0.5, 0.6) is 0 Å². The van der Waals surface area contributed by atoms with Gasteiger partial charge in [-0.25, -0.2) is 0 Å². The summed E-state index contributed by atoms with van der Waals surface area (Å²) in [4.78, 5) is 16.6. The molecule has 1 saturated heterocycles. The van der Waals surface area contributed by atoms with Crippen molar-refractivity contribution in [3.8, 4) is 0 Å². The van der Waals surface area contributed by atoms with Crippen molar-refractivity contribution in [2.45, 2.75) is 64.8 Å². The molecule has 2 N–H and O–H groups in total. The van der Waals surface area contributed by atoms with Gasteiger partial charge in [0.1, 0.15) is 0 Å². The monoisotopic (exact) mass is 297 g/mol. The first kappa shape index (κ1) is 18.4. The summed E-state index contributed by atoms with van der Waals surface area (Å²) in [6.45, 7) is 8.53. The van der Waals surface area contributed by atoms with Gasteiger partial charge in [0.25, 0.3) is 0 Å². The molecule has 0 radical (unpaired) electrons. The molecule has 1 aliphatic heterocycles. The third-order valence-corrected chi connectivity index (χ3v) is 4.48. The highest BCUT2D eigenvalue weighted by molar-refractivity contribution is 5.76. The van der Waals surface area contributed by atoms with Crippen LogP contribution in [-0.4, -0.2) is 55.0 Å². The lowest BCUT2D eigenvalue weighted by Gasteiger charge is -2.34. The van der Waals surface area contributed by atoms with Gasteiger partial charge in [-0.05, 0) is 58.5 Å². The Bertz CT molecular complexity index is 286. The Labute approximate surface area is 131 Å². The molecule has 1 unspecified atom stereocenters. The number of carbonyl (C=O) groups excluding carboxylic acids is 1. The number of amides is 1. The van der Waals surface area contributed by atoms with E-state index in [1.165, 1.54) is 25.9 Å². The largest absolute Gasteiger partial charge is 0.343 e. The van der Waals surface area contributed by atoms with Crippen LogP contribution < -0.4 is 5.73 Å². The van der Waals surface area contributed by atoms with Crippen molar-refractivity contribution in [1.82, 2.24) is 9.80 Å². The molecule has 1 heterocycles. The number of likely N-dealkylation sites (tertiary alicyclic amines) is 1. The third-order valence-electron chi connectivity index (χ3n) is 4.48. The number of unbranched alkanes of at least 4 members (excludes halogenated alkanes) is 1. The van der Waals surface area contributed by atoms with E-state index in [1.54, 1.807) is 0 Å². The zero-order valence-corrected chi connectivity index (χ0v) is 14.3. The standard InChI is InChI=1S/C17H35N3O/c1-4-5-11-19(3)14-16-9-12-20(13-10-16)17(21)8-6-7-15(2)18/h15-16H,4-14,18H2,1-3H3. The Kier molecular flexibility index (Phi) is 8.93. The highest BCUT2D eigenvalue weighted by atomic mass is 16.2. The molecular weight excluding hydrogens is 262 g/mol. The van der Waals surface area contributed by atoms with Crippen molar-refractivity contribution in [2.24, 2.45) is 11.7 Å². The van der Waals surface area contributed by atoms with Gasteiger partial charge < -0.3 is 15.5 Å². The molecule has 0 spiro atoms. The van der Waals surface area contributed by atoms with Crippen LogP contribution in [0, 0.1) is 5.92 Å². The third kappa shape index (κ3) is 7.82. The average molecular weight is 297 g/mol. The van der Waals surface area contributed by atoms with E-state index < -0.39 is 0 Å². The van der Waals surface area contributed by atoms with Crippen LogP contribution >= 0.6 is 0 Å². The summed E-state index contributed by atoms with van der Waals surface area (Å²) in [5.41, 5.74) is 5.73. The Hall–Kier alpha value is -0.610. The van der Waals surface area contributed by atoms with Crippen molar-refractivity contribution in [3.05, 3.63) is 0 Å². The second-order valence-electron chi connectivity index (χ2n) is 6.81. The molecule has 21 heavy (non-hydrogen) atoms. The minimum absolute atomic E-state index is 0.210. The van der Waals surface area contributed by atoms with E-state index in [1.807, 2.05) is 6.92 Å². The van der Waals surface area contributed by atoms with Crippen LogP contribution in [0.15, 0.2) is 0 Å². The number of nitrogens with two attached hydrogens (primary N) is 1. The average Bonchev–Trinajstić information content (AvgIpc) is 2.45. The molecule has 4 nitrogen and oxygen atoms in total. The van der Waals surface area contributed by atoms with Crippen molar-refractivity contribution < 1.29 is 4.79 Å². The van der Waals surface area contributed by atoms with E-state index in [0.717, 1.165) is 44.7 Å². The number of hydrogen-bond acceptors (Lipinski definition) is 3. The fourth-order valence-corrected chi connectivity index (χ4v) is 3.06. The maximum absolute atomic E-state index is 12.1. The zero-order chi connectivity index (χ0) is 15.7. The van der Waals surface area contributed by atoms with E-state index in [4.69, 9.17) is 5.73 Å². The molecule has 1 fully saturated rings. The van der Waals surface area contributed by atoms with E-state index in [-0.39, 0.29) is 6.04 Å². The van der Waals surface area contributed by atoms with Gasteiger partial charge >= 0.3 is 0 Å². The molecule has 4 heteroatoms. The Balaban J connectivity index is 2.17. The molecule has 0 aliphatic carbocycles. The summed E-state index contributed by atoms with van der Waals surface area (Å²) in [6, 6.07) is 0.210. The quantitative estimate of drug-likeness (QED) is 0.711. The lowest BCUT2D eigenvalue weighted by Crippen LogP contribution is -2.41. The van der Waals surface area contributed by atoms with Crippen LogP contribution in [0.1, 0.15) is 58.8 Å². The fourth-order valence-electron chi connectivity index (χ4n) is 3.06. The van der Waals surface area contributed by atoms with Gasteiger partial charge in [0.05, 0.1) is 0 Å². The fraction of sp³-hybridized carbons (Fsp3) is 0.941. The van der Waals surface area contributed by atoms with Gasteiger partial charge in [0.15, 0.2) is 0 Å². The number of rotatable bonds is 9. The van der Waals surface area contributed by atoms with Crippen LogP contribution in [0.3, 0.4) is 0 Å². The van der Waals surface area contributed by atoms with Crippen LogP contribution in [0.2, 0.25) is 0 Å². The van der Waals surface area contributed by atoms with Crippen molar-refractivity contribution in [3.63, 3.8) is 0 Å². The predicted molar refractivity (Wildman–Crippen MR) is 89.2 cm³/mol. The van der Waals surface area contributed by atoms with Gasteiger partial charge in [-0.15, -0.1) is 0 Å². The van der Waals surface area contributed by atoms with Gasteiger partial charge in [-0.3, -0.25) is 4.79 Å². The van der Waals surface area contributed by atoms with Gasteiger partial charge in [-0.2, -0.15) is 0 Å². The first-order valence-electron chi connectivity index (χ1n) is 8.74. The normalized spacial score (nSPS) is 18.2. The van der Waals surface area contributed by atoms with Crippen molar-refractivity contribution >= 4 is 5.91 Å². The molecule has 1 atom stereocenters. The predicted octanol–water partition coefficient (Wildman–Crippen LogP) is 2.47. The summed E-state index contributed by atoms with van der Waals surface area (Å²) in [5, 5.41) is 0. The maximum atomic E-state index is 12.1. The first-order valence-corrected chi connectivity index (χ1v) is 8.74. The summed E-state index contributed by atoms with van der Waals surface area (Å²) >= 11 is 0. The Morgan fingerprint density at radius 1 is 1.33 bits per heavy atom. The SMILES string of the molecule is CCCCN(C)CC1CCN(C(=O)CCCC(C)N)CC1. The highest BCUT2D eigenvalue weighted by Crippen LogP contribution is 2.19. The second-order valence-corrected chi connectivity index (χ2v) is 6.81. The molecule has 0 saturated carbocycles. The molecule has 124 valence electrons. The minimum atomic E-state index is 0.210. The van der Waals surface area contributed by atoms with Gasteiger partial charge in [0, 0.05) is 32.1 Å². The van der Waals surface area contributed by atoms with Crippen molar-refractivity contribution in [2.75, 3.05) is 33.2 Å². The number of piperidine rings is 1. The Morgan fingerprint density at radius 3 is 2.57 bits per heavy atom. The molecule has 1 aliphatic rings. The van der Waals surface area contributed by atoms with Crippen LogP contribution in [0.4, 0.5) is 0 Å². The number of hydrogen-bond donors (Lipinski definition) is 1. The topological polar surface area (TPSA) is 49.6 Å². The Morgan fingerprint density at radius 2 is 2.00 bits per heavy atom. The summed E-state index contributed by atoms with van der Waals surface area (Å²) in [6.07, 6.45) is 7.42. The molecular formula is C17H35N3O. The smallest absolute Gasteiger partial charge is 0.222 e. The molecule has 1 amide bonds.